The number of nitrogens with zero attached hydrogens (tertiary/aromatic N) is 2. The second-order valence-corrected chi connectivity index (χ2v) is 6.55. The zero-order chi connectivity index (χ0) is 24.4. The van der Waals surface area contributed by atoms with E-state index in [1.165, 1.54) is 19.2 Å². The van der Waals surface area contributed by atoms with Gasteiger partial charge in [-0.05, 0) is 30.3 Å². The number of rotatable bonds is 8. The number of aromatic nitrogens is 2. The van der Waals surface area contributed by atoms with E-state index in [1.54, 1.807) is 31.5 Å². The molecule has 3 aromatic rings. The van der Waals surface area contributed by atoms with Gasteiger partial charge in [0.25, 0.3) is 0 Å². The molecule has 0 saturated heterocycles. The number of hydrogen-bond donors (Lipinski definition) is 4. The van der Waals surface area contributed by atoms with Crippen LogP contribution >= 0.6 is 0 Å². The molecule has 33 heavy (non-hydrogen) atoms. The first kappa shape index (κ1) is 25.1. The van der Waals surface area contributed by atoms with Gasteiger partial charge in [0.15, 0.2) is 11.5 Å². The first-order valence-corrected chi connectivity index (χ1v) is 9.63. The van der Waals surface area contributed by atoms with E-state index < -0.39 is 11.9 Å². The highest BCUT2D eigenvalue weighted by molar-refractivity contribution is 6.27. The fourth-order valence-electron chi connectivity index (χ4n) is 2.83. The molecule has 1 aromatic heterocycles. The number of imidazole rings is 1. The van der Waals surface area contributed by atoms with E-state index in [-0.39, 0.29) is 11.6 Å². The summed E-state index contributed by atoms with van der Waals surface area (Å²) in [7, 11) is 3.15. The smallest absolute Gasteiger partial charge is 0.414 e. The van der Waals surface area contributed by atoms with Gasteiger partial charge >= 0.3 is 11.9 Å². The molecule has 0 unspecified atom stereocenters. The number of halogens is 1. The lowest BCUT2D eigenvalue weighted by molar-refractivity contribution is -0.159. The molecule has 0 aliphatic rings. The van der Waals surface area contributed by atoms with Gasteiger partial charge in [0, 0.05) is 31.3 Å². The van der Waals surface area contributed by atoms with Crippen LogP contribution in [0.3, 0.4) is 0 Å². The van der Waals surface area contributed by atoms with Crippen LogP contribution in [0, 0.1) is 5.82 Å². The molecule has 0 spiro atoms. The Morgan fingerprint density at radius 2 is 1.76 bits per heavy atom. The van der Waals surface area contributed by atoms with E-state index in [2.05, 4.69) is 10.3 Å². The van der Waals surface area contributed by atoms with E-state index in [4.69, 9.17) is 29.3 Å². The van der Waals surface area contributed by atoms with Crippen molar-refractivity contribution in [3.05, 3.63) is 60.0 Å². The van der Waals surface area contributed by atoms with Crippen molar-refractivity contribution >= 4 is 17.9 Å². The second-order valence-electron chi connectivity index (χ2n) is 6.55. The normalized spacial score (nSPS) is 10.2. The number of nitrogens with one attached hydrogen (secondary N) is 1. The largest absolute Gasteiger partial charge is 0.504 e. The van der Waals surface area contributed by atoms with Crippen molar-refractivity contribution in [3.63, 3.8) is 0 Å². The third-order valence-electron chi connectivity index (χ3n) is 4.44. The van der Waals surface area contributed by atoms with Crippen molar-refractivity contribution in [3.8, 4) is 22.8 Å². The highest BCUT2D eigenvalue weighted by Gasteiger charge is 2.13. The third kappa shape index (κ3) is 6.94. The molecule has 4 N–H and O–H groups in total. The number of aromatic hydroxyl groups is 1. The number of ether oxygens (including phenoxy) is 2. The zero-order valence-corrected chi connectivity index (χ0v) is 18.0. The monoisotopic (exact) mass is 461 g/mol. The maximum atomic E-state index is 13.2. The molecule has 2 aromatic carbocycles. The minimum Gasteiger partial charge on any atom is -0.504 e. The van der Waals surface area contributed by atoms with Crippen LogP contribution in [0.5, 0.6) is 11.5 Å². The maximum Gasteiger partial charge on any atom is 0.414 e. The fourth-order valence-corrected chi connectivity index (χ4v) is 2.83. The van der Waals surface area contributed by atoms with Crippen molar-refractivity contribution in [2.75, 3.05) is 26.1 Å². The zero-order valence-electron chi connectivity index (χ0n) is 18.0. The predicted octanol–water partition coefficient (Wildman–Crippen LogP) is 2.82. The summed E-state index contributed by atoms with van der Waals surface area (Å²) < 4.78 is 25.5. The minimum atomic E-state index is -1.82. The van der Waals surface area contributed by atoms with Crippen LogP contribution in [-0.4, -0.2) is 57.6 Å². The number of aliphatic carboxylic acids is 2. The van der Waals surface area contributed by atoms with Crippen molar-refractivity contribution in [1.82, 2.24) is 9.55 Å². The molecule has 3 rings (SSSR count). The summed E-state index contributed by atoms with van der Waals surface area (Å²) in [6, 6.07) is 11.6. The molecular weight excluding hydrogens is 437 g/mol. The van der Waals surface area contributed by atoms with Gasteiger partial charge in [-0.3, -0.25) is 0 Å². The molecule has 1 heterocycles. The molecule has 0 atom stereocenters. The summed E-state index contributed by atoms with van der Waals surface area (Å²) >= 11 is 0. The Morgan fingerprint density at radius 1 is 1.09 bits per heavy atom. The van der Waals surface area contributed by atoms with Crippen molar-refractivity contribution in [1.29, 1.82) is 0 Å². The number of benzene rings is 2. The summed E-state index contributed by atoms with van der Waals surface area (Å²) in [5.74, 6) is -2.78. The fraction of sp³-hybridized carbons (Fsp3) is 0.227. The number of carbonyl (C=O) groups is 2. The Labute approximate surface area is 188 Å². The summed E-state index contributed by atoms with van der Waals surface area (Å²) in [4.78, 5) is 22.6. The molecule has 176 valence electrons. The molecule has 0 aliphatic heterocycles. The topological polar surface area (TPSA) is 143 Å². The summed E-state index contributed by atoms with van der Waals surface area (Å²) in [6.07, 6.45) is 1.73. The lowest BCUT2D eigenvalue weighted by Crippen LogP contribution is -2.12. The third-order valence-corrected chi connectivity index (χ3v) is 4.44. The van der Waals surface area contributed by atoms with Crippen LogP contribution in [0.25, 0.3) is 11.3 Å². The van der Waals surface area contributed by atoms with Gasteiger partial charge in [-0.25, -0.2) is 19.0 Å². The average molecular weight is 461 g/mol. The van der Waals surface area contributed by atoms with Crippen LogP contribution < -0.4 is 10.1 Å². The van der Waals surface area contributed by atoms with Gasteiger partial charge in [-0.2, -0.15) is 0 Å². The van der Waals surface area contributed by atoms with E-state index in [0.29, 0.717) is 37.0 Å². The maximum absolute atomic E-state index is 13.2. The summed E-state index contributed by atoms with van der Waals surface area (Å²) in [5, 5.41) is 28.3. The number of phenols is 1. The Bertz CT molecular complexity index is 1070. The Kier molecular flexibility index (Phi) is 9.18. The summed E-state index contributed by atoms with van der Waals surface area (Å²) in [6.45, 7) is 1.45. The van der Waals surface area contributed by atoms with Gasteiger partial charge in [0.2, 0.25) is 5.95 Å². The number of anilines is 1. The molecule has 0 radical (unpaired) electrons. The van der Waals surface area contributed by atoms with Crippen LogP contribution in [0.2, 0.25) is 0 Å². The van der Waals surface area contributed by atoms with Crippen molar-refractivity contribution in [2.24, 2.45) is 0 Å². The minimum absolute atomic E-state index is 0.0984. The van der Waals surface area contributed by atoms with E-state index in [1.807, 2.05) is 16.7 Å². The predicted molar refractivity (Wildman–Crippen MR) is 117 cm³/mol. The quantitative estimate of drug-likeness (QED) is 0.372. The number of carboxylic acid groups (broad SMARTS) is 2. The Balaban J connectivity index is 0.000000569. The number of methoxy groups -OCH3 is 2. The molecule has 11 heteroatoms. The van der Waals surface area contributed by atoms with Crippen LogP contribution in [0.1, 0.15) is 5.56 Å². The molecule has 0 fully saturated rings. The molecule has 0 amide bonds. The molecular formula is C22H24FN3O7. The standard InChI is InChI=1S/C20H22FN3O3.C2H2O4/c1-26-11-10-24-17(14-6-8-16(21)9-7-14)13-23-20(24)22-12-15-4-3-5-18(27-2)19(15)25;3-1(4)2(5)6/h3-9,13,25H,10-12H2,1-2H3,(H,22,23);(H,3,4)(H,5,6). The van der Waals surface area contributed by atoms with Crippen LogP contribution in [0.15, 0.2) is 48.7 Å². The molecule has 0 aliphatic carbocycles. The average Bonchev–Trinajstić information content (AvgIpc) is 3.20. The van der Waals surface area contributed by atoms with Gasteiger partial charge in [-0.1, -0.05) is 12.1 Å². The number of carboxylic acids is 2. The Morgan fingerprint density at radius 3 is 2.33 bits per heavy atom. The van der Waals surface area contributed by atoms with Crippen LogP contribution in [0.4, 0.5) is 10.3 Å². The van der Waals surface area contributed by atoms with Gasteiger partial charge in [-0.15, -0.1) is 0 Å². The highest BCUT2D eigenvalue weighted by Crippen LogP contribution is 2.30. The first-order valence-electron chi connectivity index (χ1n) is 9.63. The molecule has 0 bridgehead atoms. The van der Waals surface area contributed by atoms with E-state index in [9.17, 15) is 9.50 Å². The van der Waals surface area contributed by atoms with E-state index in [0.717, 1.165) is 11.3 Å². The SMILES string of the molecule is COCCn1c(-c2ccc(F)cc2)cnc1NCc1cccc(OC)c1O.O=C(O)C(=O)O. The van der Waals surface area contributed by atoms with Gasteiger partial charge < -0.3 is 34.7 Å². The highest BCUT2D eigenvalue weighted by atomic mass is 19.1. The van der Waals surface area contributed by atoms with Gasteiger partial charge in [0.1, 0.15) is 5.82 Å². The van der Waals surface area contributed by atoms with Crippen molar-refractivity contribution in [2.45, 2.75) is 13.1 Å². The molecule has 0 saturated carbocycles. The number of phenolic OH excluding ortho intramolecular Hbond substituents is 1. The van der Waals surface area contributed by atoms with Crippen LogP contribution in [-0.2, 0) is 27.4 Å². The lowest BCUT2D eigenvalue weighted by atomic mass is 10.1. The summed E-state index contributed by atoms with van der Waals surface area (Å²) in [5.41, 5.74) is 2.40. The number of hydrogen-bond acceptors (Lipinski definition) is 7. The van der Waals surface area contributed by atoms with E-state index >= 15 is 0 Å². The molecule has 10 nitrogen and oxygen atoms in total. The Hall–Kier alpha value is -4.12. The van der Waals surface area contributed by atoms with Gasteiger partial charge in [0.05, 0.1) is 25.6 Å². The van der Waals surface area contributed by atoms with Crippen molar-refractivity contribution < 1.29 is 38.8 Å². The second kappa shape index (κ2) is 12.1. The number of para-hydroxylation sites is 1. The first-order chi connectivity index (χ1) is 15.8. The lowest BCUT2D eigenvalue weighted by Gasteiger charge is -2.14.